The quantitative estimate of drug-likeness (QED) is 0.408. The summed E-state index contributed by atoms with van der Waals surface area (Å²) in [7, 11) is 0. The van der Waals surface area contributed by atoms with Crippen LogP contribution in [0.4, 0.5) is 5.69 Å². The lowest BCUT2D eigenvalue weighted by molar-refractivity contribution is -0.385. The standard InChI is InChI=1S/C28H33NO4/c1-27-14-12-21(30)17-20(27)16-19(8-5-7-18-6-3-4-9-24(18)29(32)33)26-22-10-11-25(31)28(22,2)15-13-23(26)27/h3-4,6,9,12,14,17,19,22-23,26H,5,7-8,10-11,13,15-16H2,1-2H3/t19-,22+,23+,26+,27+,28+/m1/s1. The van der Waals surface area contributed by atoms with Crippen LogP contribution in [0.15, 0.2) is 48.1 Å². The number of nitro groups is 1. The molecule has 4 aliphatic carbocycles. The number of benzene rings is 1. The van der Waals surface area contributed by atoms with Crippen molar-refractivity contribution >= 4 is 17.3 Å². The van der Waals surface area contributed by atoms with E-state index in [-0.39, 0.29) is 27.2 Å². The first kappa shape index (κ1) is 22.2. The second-order valence-corrected chi connectivity index (χ2v) is 11.1. The molecular weight excluding hydrogens is 414 g/mol. The zero-order valence-corrected chi connectivity index (χ0v) is 19.6. The molecule has 1 aromatic rings. The number of ketones is 2. The lowest BCUT2D eigenvalue weighted by Gasteiger charge is -2.58. The largest absolute Gasteiger partial charge is 0.299 e. The maximum Gasteiger partial charge on any atom is 0.272 e. The van der Waals surface area contributed by atoms with Gasteiger partial charge in [-0.05, 0) is 80.8 Å². The summed E-state index contributed by atoms with van der Waals surface area (Å²) in [6, 6.07) is 7.03. The van der Waals surface area contributed by atoms with Crippen LogP contribution in [0, 0.1) is 44.6 Å². The van der Waals surface area contributed by atoms with Crippen LogP contribution in [-0.4, -0.2) is 16.5 Å². The average molecular weight is 448 g/mol. The smallest absolute Gasteiger partial charge is 0.272 e. The maximum atomic E-state index is 12.9. The van der Waals surface area contributed by atoms with E-state index >= 15 is 0 Å². The lowest BCUT2D eigenvalue weighted by atomic mass is 9.45. The van der Waals surface area contributed by atoms with E-state index in [9.17, 15) is 19.7 Å². The Morgan fingerprint density at radius 2 is 1.91 bits per heavy atom. The summed E-state index contributed by atoms with van der Waals surface area (Å²) in [4.78, 5) is 36.2. The Labute approximate surface area is 195 Å². The molecule has 5 nitrogen and oxygen atoms in total. The number of rotatable bonds is 5. The minimum atomic E-state index is -0.293. The summed E-state index contributed by atoms with van der Waals surface area (Å²) in [6.45, 7) is 4.49. The first-order valence-corrected chi connectivity index (χ1v) is 12.4. The minimum Gasteiger partial charge on any atom is -0.299 e. The van der Waals surface area contributed by atoms with Crippen molar-refractivity contribution in [1.82, 2.24) is 0 Å². The van der Waals surface area contributed by atoms with Crippen molar-refractivity contribution in [2.75, 3.05) is 0 Å². The molecule has 5 rings (SSSR count). The highest BCUT2D eigenvalue weighted by Gasteiger charge is 2.60. The van der Waals surface area contributed by atoms with Gasteiger partial charge in [-0.2, -0.15) is 0 Å². The van der Waals surface area contributed by atoms with Crippen molar-refractivity contribution < 1.29 is 14.5 Å². The van der Waals surface area contributed by atoms with Gasteiger partial charge < -0.3 is 0 Å². The van der Waals surface area contributed by atoms with E-state index in [1.165, 1.54) is 5.57 Å². The van der Waals surface area contributed by atoms with E-state index in [0.717, 1.165) is 44.1 Å². The van der Waals surface area contributed by atoms with E-state index < -0.39 is 0 Å². The van der Waals surface area contributed by atoms with Crippen LogP contribution in [0.5, 0.6) is 0 Å². The molecule has 0 radical (unpaired) electrons. The van der Waals surface area contributed by atoms with Gasteiger partial charge in [-0.15, -0.1) is 0 Å². The van der Waals surface area contributed by atoms with Crippen molar-refractivity contribution in [2.45, 2.75) is 65.2 Å². The summed E-state index contributed by atoms with van der Waals surface area (Å²) >= 11 is 0. The number of carbonyl (C=O) groups excluding carboxylic acids is 2. The molecule has 3 fully saturated rings. The Morgan fingerprint density at radius 1 is 1.12 bits per heavy atom. The molecular formula is C28H33NO4. The predicted octanol–water partition coefficient (Wildman–Crippen LogP) is 6.02. The molecule has 1 aromatic carbocycles. The highest BCUT2D eigenvalue weighted by atomic mass is 16.6. The molecule has 0 saturated heterocycles. The fourth-order valence-corrected chi connectivity index (χ4v) is 7.87. The first-order valence-electron chi connectivity index (χ1n) is 12.4. The second-order valence-electron chi connectivity index (χ2n) is 11.1. The summed E-state index contributed by atoms with van der Waals surface area (Å²) in [5, 5.41) is 11.4. The lowest BCUT2D eigenvalue weighted by Crippen LogP contribution is -2.53. The summed E-state index contributed by atoms with van der Waals surface area (Å²) in [5.74, 6) is 2.24. The molecule has 3 saturated carbocycles. The summed E-state index contributed by atoms with van der Waals surface area (Å²) < 4.78 is 0. The Balaban J connectivity index is 1.43. The number of carbonyl (C=O) groups is 2. The topological polar surface area (TPSA) is 77.3 Å². The van der Waals surface area contributed by atoms with Gasteiger partial charge in [0.25, 0.3) is 5.69 Å². The van der Waals surface area contributed by atoms with Crippen LogP contribution < -0.4 is 0 Å². The maximum absolute atomic E-state index is 12.9. The molecule has 0 bridgehead atoms. The number of allylic oxidation sites excluding steroid dienone is 4. The van der Waals surface area contributed by atoms with Gasteiger partial charge in [0.05, 0.1) is 4.92 Å². The Bertz CT molecular complexity index is 1070. The van der Waals surface area contributed by atoms with Gasteiger partial charge in [0.1, 0.15) is 5.78 Å². The fraction of sp³-hybridized carbons (Fsp3) is 0.571. The molecule has 174 valence electrons. The fourth-order valence-electron chi connectivity index (χ4n) is 7.87. The molecule has 5 heteroatoms. The van der Waals surface area contributed by atoms with Gasteiger partial charge in [-0.25, -0.2) is 0 Å². The molecule has 0 aliphatic heterocycles. The predicted molar refractivity (Wildman–Crippen MR) is 127 cm³/mol. The monoisotopic (exact) mass is 447 g/mol. The second kappa shape index (κ2) is 8.03. The SMILES string of the molecule is C[C@]12C=CC(=O)C=C1C[C@@H](CCCc1ccccc1[N+](=O)[O-])[C@@H]1[C@@H]2CC[C@]2(C)C(=O)CC[C@@H]12. The Morgan fingerprint density at radius 3 is 2.70 bits per heavy atom. The van der Waals surface area contributed by atoms with Crippen LogP contribution in [-0.2, 0) is 16.0 Å². The number of hydrogen-bond acceptors (Lipinski definition) is 4. The first-order chi connectivity index (χ1) is 15.7. The number of para-hydroxylation sites is 1. The van der Waals surface area contributed by atoms with Gasteiger partial charge in [0, 0.05) is 28.9 Å². The van der Waals surface area contributed by atoms with Crippen LogP contribution in [0.1, 0.15) is 64.4 Å². The molecule has 0 spiro atoms. The zero-order chi connectivity index (χ0) is 23.4. The summed E-state index contributed by atoms with van der Waals surface area (Å²) in [6.07, 6.45) is 12.8. The minimum absolute atomic E-state index is 0.0799. The molecule has 0 amide bonds. The van der Waals surface area contributed by atoms with Gasteiger partial charge in [-0.3, -0.25) is 19.7 Å². The van der Waals surface area contributed by atoms with E-state index in [1.807, 2.05) is 18.2 Å². The summed E-state index contributed by atoms with van der Waals surface area (Å²) in [5.41, 5.74) is 1.94. The normalized spacial score (nSPS) is 37.2. The average Bonchev–Trinajstić information content (AvgIpc) is 3.09. The number of aryl methyl sites for hydroxylation is 1. The van der Waals surface area contributed by atoms with Crippen molar-refractivity contribution in [3.63, 3.8) is 0 Å². The van der Waals surface area contributed by atoms with Crippen molar-refractivity contribution in [3.8, 4) is 0 Å². The molecule has 0 heterocycles. The molecule has 0 aromatic heterocycles. The molecule has 6 atom stereocenters. The molecule has 33 heavy (non-hydrogen) atoms. The highest BCUT2D eigenvalue weighted by molar-refractivity contribution is 6.01. The van der Waals surface area contributed by atoms with Gasteiger partial charge in [0.15, 0.2) is 5.78 Å². The van der Waals surface area contributed by atoms with Gasteiger partial charge >= 0.3 is 0 Å². The third kappa shape index (κ3) is 3.51. The third-order valence-electron chi connectivity index (χ3n) is 9.65. The highest BCUT2D eigenvalue weighted by Crippen LogP contribution is 2.65. The Kier molecular flexibility index (Phi) is 5.42. The van der Waals surface area contributed by atoms with Crippen LogP contribution >= 0.6 is 0 Å². The molecule has 0 unspecified atom stereocenters. The zero-order valence-electron chi connectivity index (χ0n) is 19.6. The van der Waals surface area contributed by atoms with Gasteiger partial charge in [0.2, 0.25) is 0 Å². The molecule has 0 N–H and O–H groups in total. The van der Waals surface area contributed by atoms with Crippen molar-refractivity contribution in [2.24, 2.45) is 34.5 Å². The van der Waals surface area contributed by atoms with E-state index in [1.54, 1.807) is 18.2 Å². The van der Waals surface area contributed by atoms with E-state index in [2.05, 4.69) is 19.9 Å². The van der Waals surface area contributed by atoms with E-state index in [4.69, 9.17) is 0 Å². The number of hydrogen-bond donors (Lipinski definition) is 0. The number of Topliss-reactive ketones (excluding diaryl/α,β-unsaturated/α-hetero) is 1. The van der Waals surface area contributed by atoms with Crippen LogP contribution in [0.25, 0.3) is 0 Å². The van der Waals surface area contributed by atoms with Crippen molar-refractivity contribution in [3.05, 3.63) is 63.7 Å². The van der Waals surface area contributed by atoms with Gasteiger partial charge in [-0.1, -0.05) is 43.7 Å². The number of nitrogens with zero attached hydrogens (tertiary/aromatic N) is 1. The van der Waals surface area contributed by atoms with Crippen LogP contribution in [0.3, 0.4) is 0 Å². The van der Waals surface area contributed by atoms with Crippen molar-refractivity contribution in [1.29, 1.82) is 0 Å². The molecule has 4 aliphatic rings. The number of nitro benzene ring substituents is 1. The third-order valence-corrected chi connectivity index (χ3v) is 9.65. The van der Waals surface area contributed by atoms with Crippen LogP contribution in [0.2, 0.25) is 0 Å². The van der Waals surface area contributed by atoms with E-state index in [0.29, 0.717) is 42.3 Å². The Hall–Kier alpha value is -2.56. The number of fused-ring (bicyclic) bond motifs is 5.